The zero-order valence-electron chi connectivity index (χ0n) is 11.2. The average Bonchev–Trinajstić information content (AvgIpc) is 2.48. The van der Waals surface area contributed by atoms with Gasteiger partial charge in [0.05, 0.1) is 0 Å². The maximum absolute atomic E-state index is 12.7. The minimum atomic E-state index is -0.234. The number of halogens is 2. The minimum Gasteiger partial charge on any atom is -0.352 e. The van der Waals surface area contributed by atoms with Crippen molar-refractivity contribution in [2.75, 3.05) is 12.3 Å². The van der Waals surface area contributed by atoms with Gasteiger partial charge in [-0.2, -0.15) is 0 Å². The number of thioether (sulfide) groups is 1. The molecule has 1 aromatic carbocycles. The highest BCUT2D eigenvalue weighted by Crippen LogP contribution is 2.18. The maximum atomic E-state index is 12.7. The van der Waals surface area contributed by atoms with E-state index in [1.807, 2.05) is 0 Å². The van der Waals surface area contributed by atoms with E-state index in [0.717, 1.165) is 17.1 Å². The van der Waals surface area contributed by atoms with Crippen LogP contribution in [0.2, 0.25) is 5.15 Å². The van der Waals surface area contributed by atoms with Gasteiger partial charge in [0.1, 0.15) is 11.0 Å². The van der Waals surface area contributed by atoms with Crippen molar-refractivity contribution in [3.05, 3.63) is 59.1 Å². The molecule has 0 saturated heterocycles. The molecule has 0 saturated carbocycles. The van der Waals surface area contributed by atoms with Crippen molar-refractivity contribution in [1.82, 2.24) is 10.3 Å². The van der Waals surface area contributed by atoms with Crippen molar-refractivity contribution in [2.45, 2.75) is 11.3 Å². The fourth-order valence-electron chi connectivity index (χ4n) is 1.64. The molecule has 1 aromatic heterocycles. The molecule has 0 aliphatic carbocycles. The fraction of sp³-hybridized carbons (Fsp3) is 0.200. The molecule has 0 spiro atoms. The summed E-state index contributed by atoms with van der Waals surface area (Å²) in [5, 5.41) is 3.12. The Balaban J connectivity index is 1.68. The first-order valence-electron chi connectivity index (χ1n) is 6.43. The molecule has 3 nitrogen and oxygen atoms in total. The number of hydrogen-bond acceptors (Lipinski definition) is 3. The smallest absolute Gasteiger partial charge is 0.251 e. The summed E-state index contributed by atoms with van der Waals surface area (Å²) in [5.41, 5.74) is 0.501. The van der Waals surface area contributed by atoms with Crippen LogP contribution in [0, 0.1) is 5.82 Å². The van der Waals surface area contributed by atoms with Crippen molar-refractivity contribution in [1.29, 1.82) is 0 Å². The molecule has 1 amide bonds. The number of amides is 1. The number of carbonyl (C=O) groups excluding carboxylic acids is 1. The molecule has 0 radical (unpaired) electrons. The summed E-state index contributed by atoms with van der Waals surface area (Å²) in [7, 11) is 0. The molecule has 1 N–H and O–H groups in total. The summed E-state index contributed by atoms with van der Waals surface area (Å²) in [4.78, 5) is 16.7. The lowest BCUT2D eigenvalue weighted by Crippen LogP contribution is -2.24. The SMILES string of the molecule is O=C(NCCCSc1ccc(F)cc1)c1ccnc(Cl)c1. The monoisotopic (exact) mass is 324 g/mol. The van der Waals surface area contributed by atoms with E-state index in [0.29, 0.717) is 17.3 Å². The van der Waals surface area contributed by atoms with Crippen LogP contribution in [0.3, 0.4) is 0 Å². The Labute approximate surface area is 131 Å². The molecule has 21 heavy (non-hydrogen) atoms. The Morgan fingerprint density at radius 3 is 2.76 bits per heavy atom. The summed E-state index contributed by atoms with van der Waals surface area (Å²) < 4.78 is 12.7. The number of rotatable bonds is 6. The highest BCUT2D eigenvalue weighted by molar-refractivity contribution is 7.99. The van der Waals surface area contributed by atoms with Gasteiger partial charge in [0.15, 0.2) is 0 Å². The average molecular weight is 325 g/mol. The van der Waals surface area contributed by atoms with Crippen molar-refractivity contribution in [3.63, 3.8) is 0 Å². The Bertz CT molecular complexity index is 607. The molecular formula is C15H14ClFN2OS. The number of hydrogen-bond donors (Lipinski definition) is 1. The first kappa shape index (κ1) is 15.8. The normalized spacial score (nSPS) is 10.4. The lowest BCUT2D eigenvalue weighted by Gasteiger charge is -2.05. The van der Waals surface area contributed by atoms with Crippen LogP contribution in [0.4, 0.5) is 4.39 Å². The third kappa shape index (κ3) is 5.36. The lowest BCUT2D eigenvalue weighted by atomic mass is 10.2. The van der Waals surface area contributed by atoms with E-state index in [9.17, 15) is 9.18 Å². The molecule has 2 aromatic rings. The van der Waals surface area contributed by atoms with Crippen molar-refractivity contribution in [2.24, 2.45) is 0 Å². The van der Waals surface area contributed by atoms with Gasteiger partial charge < -0.3 is 5.32 Å². The topological polar surface area (TPSA) is 42.0 Å². The number of pyridine rings is 1. The van der Waals surface area contributed by atoms with Gasteiger partial charge in [0.2, 0.25) is 0 Å². The van der Waals surface area contributed by atoms with Crippen LogP contribution in [-0.2, 0) is 0 Å². The Morgan fingerprint density at radius 1 is 1.29 bits per heavy atom. The van der Waals surface area contributed by atoms with Gasteiger partial charge in [-0.15, -0.1) is 11.8 Å². The zero-order valence-corrected chi connectivity index (χ0v) is 12.8. The first-order chi connectivity index (χ1) is 10.1. The van der Waals surface area contributed by atoms with Crippen LogP contribution in [0.15, 0.2) is 47.5 Å². The summed E-state index contributed by atoms with van der Waals surface area (Å²) >= 11 is 7.36. The molecule has 0 atom stereocenters. The van der Waals surface area contributed by atoms with Crippen LogP contribution in [0.5, 0.6) is 0 Å². The van der Waals surface area contributed by atoms with Crippen molar-refractivity contribution < 1.29 is 9.18 Å². The highest BCUT2D eigenvalue weighted by atomic mass is 35.5. The minimum absolute atomic E-state index is 0.161. The lowest BCUT2D eigenvalue weighted by molar-refractivity contribution is 0.0953. The largest absolute Gasteiger partial charge is 0.352 e. The maximum Gasteiger partial charge on any atom is 0.251 e. The molecule has 0 unspecified atom stereocenters. The van der Waals surface area contributed by atoms with Crippen LogP contribution >= 0.6 is 23.4 Å². The number of carbonyl (C=O) groups is 1. The second kappa shape index (κ2) is 8.00. The molecule has 0 aliphatic rings. The Kier molecular flexibility index (Phi) is 6.02. The predicted octanol–water partition coefficient (Wildman–Crippen LogP) is 3.79. The van der Waals surface area contributed by atoms with E-state index in [-0.39, 0.29) is 11.7 Å². The van der Waals surface area contributed by atoms with E-state index in [1.54, 1.807) is 30.0 Å². The van der Waals surface area contributed by atoms with Gasteiger partial charge in [-0.3, -0.25) is 4.79 Å². The Hall–Kier alpha value is -1.59. The third-order valence-corrected chi connectivity index (χ3v) is 3.98. The highest BCUT2D eigenvalue weighted by Gasteiger charge is 2.05. The van der Waals surface area contributed by atoms with Crippen molar-refractivity contribution >= 4 is 29.3 Å². The standard InChI is InChI=1S/C15H14ClFN2OS/c16-14-10-11(6-8-18-14)15(20)19-7-1-9-21-13-4-2-12(17)3-5-13/h2-6,8,10H,1,7,9H2,(H,19,20). The second-order valence-electron chi connectivity index (χ2n) is 4.28. The summed E-state index contributed by atoms with van der Waals surface area (Å²) in [6.07, 6.45) is 2.33. The number of nitrogens with zero attached hydrogens (tertiary/aromatic N) is 1. The van der Waals surface area contributed by atoms with E-state index in [1.165, 1.54) is 24.4 Å². The van der Waals surface area contributed by atoms with Gasteiger partial charge in [-0.05, 0) is 48.6 Å². The van der Waals surface area contributed by atoms with E-state index in [2.05, 4.69) is 10.3 Å². The molecule has 1 heterocycles. The number of benzene rings is 1. The number of nitrogens with one attached hydrogen (secondary N) is 1. The second-order valence-corrected chi connectivity index (χ2v) is 5.83. The molecule has 6 heteroatoms. The quantitative estimate of drug-likeness (QED) is 0.499. The van der Waals surface area contributed by atoms with Crippen LogP contribution < -0.4 is 5.32 Å². The molecule has 110 valence electrons. The van der Waals surface area contributed by atoms with Gasteiger partial charge in [-0.25, -0.2) is 9.37 Å². The zero-order chi connectivity index (χ0) is 15.1. The molecule has 0 aliphatic heterocycles. The van der Waals surface area contributed by atoms with E-state index >= 15 is 0 Å². The summed E-state index contributed by atoms with van der Waals surface area (Å²) in [6, 6.07) is 9.53. The molecule has 0 bridgehead atoms. The predicted molar refractivity (Wildman–Crippen MR) is 83.3 cm³/mol. The van der Waals surface area contributed by atoms with Crippen LogP contribution in [0.1, 0.15) is 16.8 Å². The van der Waals surface area contributed by atoms with E-state index < -0.39 is 0 Å². The molecule has 2 rings (SSSR count). The van der Waals surface area contributed by atoms with Gasteiger partial charge in [-0.1, -0.05) is 11.6 Å². The first-order valence-corrected chi connectivity index (χ1v) is 7.79. The Morgan fingerprint density at radius 2 is 2.05 bits per heavy atom. The van der Waals surface area contributed by atoms with Gasteiger partial charge in [0.25, 0.3) is 5.91 Å². The van der Waals surface area contributed by atoms with Gasteiger partial charge in [0, 0.05) is 23.2 Å². The number of aromatic nitrogens is 1. The third-order valence-electron chi connectivity index (χ3n) is 2.68. The van der Waals surface area contributed by atoms with Crippen LogP contribution in [0.25, 0.3) is 0 Å². The van der Waals surface area contributed by atoms with Crippen LogP contribution in [-0.4, -0.2) is 23.2 Å². The van der Waals surface area contributed by atoms with Crippen molar-refractivity contribution in [3.8, 4) is 0 Å². The summed E-state index contributed by atoms with van der Waals surface area (Å²) in [6.45, 7) is 0.576. The summed E-state index contributed by atoms with van der Waals surface area (Å²) in [5.74, 6) is 0.455. The molecular weight excluding hydrogens is 311 g/mol. The fourth-order valence-corrected chi connectivity index (χ4v) is 2.67. The molecule has 0 fully saturated rings. The van der Waals surface area contributed by atoms with E-state index in [4.69, 9.17) is 11.6 Å². The van der Waals surface area contributed by atoms with Gasteiger partial charge >= 0.3 is 0 Å².